The van der Waals surface area contributed by atoms with Gasteiger partial charge in [0.25, 0.3) is 0 Å². The molecule has 4 aromatic rings. The largest absolute Gasteiger partial charge is 0.243 e. The summed E-state index contributed by atoms with van der Waals surface area (Å²) in [6, 6.07) is 18.1. The van der Waals surface area contributed by atoms with Crippen molar-refractivity contribution in [2.24, 2.45) is 0 Å². The molecule has 25 heavy (non-hydrogen) atoms. The lowest BCUT2D eigenvalue weighted by atomic mass is 10.2. The van der Waals surface area contributed by atoms with Crippen LogP contribution in [0.25, 0.3) is 11.0 Å². The standard InChI is InChI=1S/C19H15ClN4S/c20-16-8-6-14(7-9-16)11-24-18-17(10-23-24)19(22-13-21-18)25-12-15-4-2-1-3-5-15/h1-10,13H,11-12H2. The third-order valence-electron chi connectivity index (χ3n) is 3.86. The fraction of sp³-hybridized carbons (Fsp3) is 0.105. The zero-order chi connectivity index (χ0) is 17.1. The van der Waals surface area contributed by atoms with Crippen molar-refractivity contribution in [3.63, 3.8) is 0 Å². The van der Waals surface area contributed by atoms with Gasteiger partial charge in [-0.05, 0) is 23.3 Å². The molecule has 0 amide bonds. The van der Waals surface area contributed by atoms with Crippen molar-refractivity contribution in [2.75, 3.05) is 0 Å². The quantitative estimate of drug-likeness (QED) is 0.375. The van der Waals surface area contributed by atoms with Gasteiger partial charge in [-0.1, -0.05) is 54.1 Å². The van der Waals surface area contributed by atoms with Crippen molar-refractivity contribution in [3.8, 4) is 0 Å². The van der Waals surface area contributed by atoms with Crippen molar-refractivity contribution in [1.82, 2.24) is 19.7 Å². The minimum atomic E-state index is 0.653. The van der Waals surface area contributed by atoms with Crippen LogP contribution in [0.5, 0.6) is 0 Å². The number of benzene rings is 2. The van der Waals surface area contributed by atoms with Crippen LogP contribution in [0.15, 0.2) is 72.1 Å². The van der Waals surface area contributed by atoms with E-state index in [1.54, 1.807) is 18.1 Å². The topological polar surface area (TPSA) is 43.6 Å². The van der Waals surface area contributed by atoms with Gasteiger partial charge in [0.2, 0.25) is 0 Å². The van der Waals surface area contributed by atoms with Gasteiger partial charge in [0.15, 0.2) is 5.65 Å². The Bertz CT molecular complexity index is 983. The highest BCUT2D eigenvalue weighted by molar-refractivity contribution is 7.98. The lowest BCUT2D eigenvalue weighted by Crippen LogP contribution is -2.02. The van der Waals surface area contributed by atoms with E-state index in [2.05, 4.69) is 39.3 Å². The maximum atomic E-state index is 5.95. The predicted molar refractivity (Wildman–Crippen MR) is 102 cm³/mol. The second-order valence-electron chi connectivity index (χ2n) is 5.62. The molecule has 2 aromatic heterocycles. The van der Waals surface area contributed by atoms with Crippen molar-refractivity contribution in [2.45, 2.75) is 17.3 Å². The average Bonchev–Trinajstić information content (AvgIpc) is 3.06. The summed E-state index contributed by atoms with van der Waals surface area (Å²) in [6.45, 7) is 0.653. The van der Waals surface area contributed by atoms with E-state index in [-0.39, 0.29) is 0 Å². The lowest BCUT2D eigenvalue weighted by molar-refractivity contribution is 0.703. The summed E-state index contributed by atoms with van der Waals surface area (Å²) in [4.78, 5) is 8.86. The number of aromatic nitrogens is 4. The molecule has 0 aliphatic carbocycles. The maximum absolute atomic E-state index is 5.95. The summed E-state index contributed by atoms with van der Waals surface area (Å²) in [6.07, 6.45) is 3.45. The van der Waals surface area contributed by atoms with Crippen LogP contribution in [0.4, 0.5) is 0 Å². The van der Waals surface area contributed by atoms with E-state index >= 15 is 0 Å². The first-order valence-electron chi connectivity index (χ1n) is 7.87. The molecule has 0 atom stereocenters. The molecule has 0 saturated carbocycles. The summed E-state index contributed by atoms with van der Waals surface area (Å²) in [5.74, 6) is 0.870. The summed E-state index contributed by atoms with van der Waals surface area (Å²) >= 11 is 7.65. The third-order valence-corrected chi connectivity index (χ3v) is 5.19. The number of hydrogen-bond donors (Lipinski definition) is 0. The minimum Gasteiger partial charge on any atom is -0.243 e. The average molecular weight is 367 g/mol. The molecule has 0 unspecified atom stereocenters. The van der Waals surface area contributed by atoms with E-state index in [9.17, 15) is 0 Å². The molecule has 2 heterocycles. The highest BCUT2D eigenvalue weighted by Crippen LogP contribution is 2.27. The van der Waals surface area contributed by atoms with Crippen molar-refractivity contribution in [3.05, 3.63) is 83.3 Å². The Hall–Kier alpha value is -2.37. The van der Waals surface area contributed by atoms with E-state index in [4.69, 9.17) is 11.6 Å². The van der Waals surface area contributed by atoms with Gasteiger partial charge >= 0.3 is 0 Å². The first kappa shape index (κ1) is 16.1. The fourth-order valence-electron chi connectivity index (χ4n) is 2.59. The first-order valence-corrected chi connectivity index (χ1v) is 9.23. The Morgan fingerprint density at radius 3 is 2.52 bits per heavy atom. The molecule has 0 bridgehead atoms. The molecule has 0 spiro atoms. The second-order valence-corrected chi connectivity index (χ2v) is 7.02. The van der Waals surface area contributed by atoms with E-state index in [1.165, 1.54) is 5.56 Å². The minimum absolute atomic E-state index is 0.653. The Balaban J connectivity index is 1.58. The van der Waals surface area contributed by atoms with Crippen molar-refractivity contribution < 1.29 is 0 Å². The Morgan fingerprint density at radius 1 is 0.920 bits per heavy atom. The number of rotatable bonds is 5. The van der Waals surface area contributed by atoms with Crippen LogP contribution in [0.1, 0.15) is 11.1 Å². The van der Waals surface area contributed by atoms with Gasteiger partial charge in [0.1, 0.15) is 11.4 Å². The van der Waals surface area contributed by atoms with Crippen LogP contribution in [-0.4, -0.2) is 19.7 Å². The fourth-order valence-corrected chi connectivity index (χ4v) is 3.63. The molecular formula is C19H15ClN4S. The third kappa shape index (κ3) is 3.67. The van der Waals surface area contributed by atoms with Gasteiger partial charge in [-0.25, -0.2) is 14.6 Å². The highest BCUT2D eigenvalue weighted by atomic mass is 35.5. The smallest absolute Gasteiger partial charge is 0.162 e. The van der Waals surface area contributed by atoms with Crippen molar-refractivity contribution >= 4 is 34.4 Å². The molecule has 4 rings (SSSR count). The monoisotopic (exact) mass is 366 g/mol. The van der Waals surface area contributed by atoms with E-state index in [0.29, 0.717) is 6.54 Å². The summed E-state index contributed by atoms with van der Waals surface area (Å²) < 4.78 is 1.90. The maximum Gasteiger partial charge on any atom is 0.162 e. The molecular weight excluding hydrogens is 352 g/mol. The van der Waals surface area contributed by atoms with Crippen LogP contribution in [-0.2, 0) is 12.3 Å². The molecule has 0 N–H and O–H groups in total. The molecule has 4 nitrogen and oxygen atoms in total. The Morgan fingerprint density at radius 2 is 1.72 bits per heavy atom. The molecule has 0 fully saturated rings. The lowest BCUT2D eigenvalue weighted by Gasteiger charge is -2.05. The summed E-state index contributed by atoms with van der Waals surface area (Å²) in [5, 5.41) is 7.17. The SMILES string of the molecule is Clc1ccc(Cn2ncc3c(SCc4ccccc4)ncnc32)cc1. The highest BCUT2D eigenvalue weighted by Gasteiger charge is 2.11. The Kier molecular flexibility index (Phi) is 4.68. The summed E-state index contributed by atoms with van der Waals surface area (Å²) in [7, 11) is 0. The van der Waals surface area contributed by atoms with Gasteiger partial charge in [-0.2, -0.15) is 5.10 Å². The zero-order valence-corrected chi connectivity index (χ0v) is 14.9. The van der Waals surface area contributed by atoms with Gasteiger partial charge in [0, 0.05) is 10.8 Å². The van der Waals surface area contributed by atoms with E-state index in [0.717, 1.165) is 32.4 Å². The van der Waals surface area contributed by atoms with Crippen LogP contribution in [0.3, 0.4) is 0 Å². The molecule has 0 radical (unpaired) electrons. The number of hydrogen-bond acceptors (Lipinski definition) is 4. The molecule has 0 aliphatic heterocycles. The number of thioether (sulfide) groups is 1. The molecule has 124 valence electrons. The molecule has 6 heteroatoms. The van der Waals surface area contributed by atoms with Gasteiger partial charge in [-0.15, -0.1) is 11.8 Å². The van der Waals surface area contributed by atoms with Crippen LogP contribution in [0.2, 0.25) is 5.02 Å². The van der Waals surface area contributed by atoms with Crippen LogP contribution < -0.4 is 0 Å². The normalized spacial score (nSPS) is 11.1. The zero-order valence-electron chi connectivity index (χ0n) is 13.3. The van der Waals surface area contributed by atoms with Crippen LogP contribution in [0, 0.1) is 0 Å². The number of fused-ring (bicyclic) bond motifs is 1. The van der Waals surface area contributed by atoms with E-state index in [1.807, 2.05) is 41.2 Å². The van der Waals surface area contributed by atoms with Gasteiger partial charge in [-0.3, -0.25) is 0 Å². The summed E-state index contributed by atoms with van der Waals surface area (Å²) in [5.41, 5.74) is 3.25. The molecule has 2 aromatic carbocycles. The van der Waals surface area contributed by atoms with Gasteiger partial charge < -0.3 is 0 Å². The van der Waals surface area contributed by atoms with Crippen LogP contribution >= 0.6 is 23.4 Å². The first-order chi connectivity index (χ1) is 12.3. The molecule has 0 aliphatic rings. The molecule has 0 saturated heterocycles. The Labute approximate surface area is 154 Å². The number of nitrogens with zero attached hydrogens (tertiary/aromatic N) is 4. The predicted octanol–water partition coefficient (Wildman–Crippen LogP) is 4.82. The van der Waals surface area contributed by atoms with E-state index < -0.39 is 0 Å². The second kappa shape index (κ2) is 7.25. The van der Waals surface area contributed by atoms with Gasteiger partial charge in [0.05, 0.1) is 18.1 Å². The van der Waals surface area contributed by atoms with Crippen molar-refractivity contribution in [1.29, 1.82) is 0 Å². The number of halogens is 1.